The number of aryl methyl sites for hydroxylation is 1. The van der Waals surface area contributed by atoms with Gasteiger partial charge in [0.1, 0.15) is 5.01 Å². The fraction of sp³-hybridized carbons (Fsp3) is 0.438. The Morgan fingerprint density at radius 2 is 2.05 bits per heavy atom. The third-order valence-electron chi connectivity index (χ3n) is 3.93. The van der Waals surface area contributed by atoms with Gasteiger partial charge in [0, 0.05) is 16.6 Å². The summed E-state index contributed by atoms with van der Waals surface area (Å²) < 4.78 is 0. The van der Waals surface area contributed by atoms with Crippen LogP contribution in [0.1, 0.15) is 29.8 Å². The largest absolute Gasteiger partial charge is 0.398 e. The van der Waals surface area contributed by atoms with Crippen LogP contribution in [-0.4, -0.2) is 23.0 Å². The quantitative estimate of drug-likeness (QED) is 0.876. The highest BCUT2D eigenvalue weighted by atomic mass is 32.1. The number of anilines is 1. The molecule has 1 fully saturated rings. The molecule has 106 valence electrons. The highest BCUT2D eigenvalue weighted by molar-refractivity contribution is 7.09. The van der Waals surface area contributed by atoms with E-state index in [0.29, 0.717) is 0 Å². The zero-order chi connectivity index (χ0) is 13.9. The standard InChI is InChI=1S/C16H21N3S/c1-12-5-6-13(9-14(12)17)15-11-20-16(18-15)10-19-7-3-2-4-8-19/h5-6,9,11H,2-4,7-8,10,17H2,1H3. The van der Waals surface area contributed by atoms with E-state index in [1.54, 1.807) is 11.3 Å². The molecule has 1 aromatic carbocycles. The molecule has 0 atom stereocenters. The van der Waals surface area contributed by atoms with Gasteiger partial charge in [-0.05, 0) is 44.5 Å². The smallest absolute Gasteiger partial charge is 0.107 e. The topological polar surface area (TPSA) is 42.2 Å². The zero-order valence-electron chi connectivity index (χ0n) is 11.9. The molecule has 1 aliphatic rings. The SMILES string of the molecule is Cc1ccc(-c2csc(CN3CCCCC3)n2)cc1N. The highest BCUT2D eigenvalue weighted by Gasteiger charge is 2.13. The maximum Gasteiger partial charge on any atom is 0.107 e. The van der Waals surface area contributed by atoms with Crippen LogP contribution in [0, 0.1) is 6.92 Å². The van der Waals surface area contributed by atoms with Gasteiger partial charge in [-0.1, -0.05) is 18.6 Å². The molecule has 0 radical (unpaired) electrons. The van der Waals surface area contributed by atoms with Crippen molar-refractivity contribution in [2.45, 2.75) is 32.7 Å². The number of piperidine rings is 1. The molecule has 2 N–H and O–H groups in total. The number of benzene rings is 1. The first-order valence-electron chi connectivity index (χ1n) is 7.25. The summed E-state index contributed by atoms with van der Waals surface area (Å²) in [4.78, 5) is 7.28. The monoisotopic (exact) mass is 287 g/mol. The van der Waals surface area contributed by atoms with Gasteiger partial charge in [0.25, 0.3) is 0 Å². The van der Waals surface area contributed by atoms with Gasteiger partial charge in [0.15, 0.2) is 0 Å². The summed E-state index contributed by atoms with van der Waals surface area (Å²) in [6, 6.07) is 6.19. The van der Waals surface area contributed by atoms with E-state index in [-0.39, 0.29) is 0 Å². The molecule has 0 amide bonds. The van der Waals surface area contributed by atoms with Gasteiger partial charge in [-0.2, -0.15) is 0 Å². The van der Waals surface area contributed by atoms with Crippen molar-refractivity contribution in [2.75, 3.05) is 18.8 Å². The Morgan fingerprint density at radius 3 is 2.80 bits per heavy atom. The molecule has 0 bridgehead atoms. The van der Waals surface area contributed by atoms with E-state index in [1.165, 1.54) is 37.4 Å². The van der Waals surface area contributed by atoms with Crippen LogP contribution in [0.2, 0.25) is 0 Å². The van der Waals surface area contributed by atoms with Crippen molar-refractivity contribution in [1.82, 2.24) is 9.88 Å². The number of thiazole rings is 1. The first-order chi connectivity index (χ1) is 9.72. The molecule has 3 rings (SSSR count). The number of hydrogen-bond donors (Lipinski definition) is 1. The van der Waals surface area contributed by atoms with Crippen molar-refractivity contribution in [3.8, 4) is 11.3 Å². The molecule has 2 heterocycles. The third kappa shape index (κ3) is 3.02. The predicted molar refractivity (Wildman–Crippen MR) is 85.8 cm³/mol. The minimum atomic E-state index is 0.841. The number of nitrogen functional groups attached to an aromatic ring is 1. The number of hydrogen-bond acceptors (Lipinski definition) is 4. The second-order valence-corrected chi connectivity index (χ2v) is 6.48. The zero-order valence-corrected chi connectivity index (χ0v) is 12.7. The fourth-order valence-corrected chi connectivity index (χ4v) is 3.47. The van der Waals surface area contributed by atoms with Crippen LogP contribution < -0.4 is 5.73 Å². The molecule has 3 nitrogen and oxygen atoms in total. The first kappa shape index (κ1) is 13.6. The van der Waals surface area contributed by atoms with Crippen LogP contribution >= 0.6 is 11.3 Å². The van der Waals surface area contributed by atoms with E-state index in [4.69, 9.17) is 10.7 Å². The summed E-state index contributed by atoms with van der Waals surface area (Å²) in [5, 5.41) is 3.35. The van der Waals surface area contributed by atoms with Gasteiger partial charge in [-0.15, -0.1) is 11.3 Å². The second-order valence-electron chi connectivity index (χ2n) is 5.53. The van der Waals surface area contributed by atoms with Crippen molar-refractivity contribution in [1.29, 1.82) is 0 Å². The summed E-state index contributed by atoms with van der Waals surface area (Å²) in [5.41, 5.74) is 10.1. The predicted octanol–water partition coefficient (Wildman–Crippen LogP) is 3.69. The molecule has 0 unspecified atom stereocenters. The molecule has 0 saturated carbocycles. The van der Waals surface area contributed by atoms with Gasteiger partial charge in [0.05, 0.1) is 12.2 Å². The Hall–Kier alpha value is -1.39. The van der Waals surface area contributed by atoms with Crippen LogP contribution in [-0.2, 0) is 6.54 Å². The molecule has 2 aromatic rings. The number of aromatic nitrogens is 1. The van der Waals surface area contributed by atoms with Crippen molar-refractivity contribution in [2.24, 2.45) is 0 Å². The summed E-state index contributed by atoms with van der Waals surface area (Å²) in [6.07, 6.45) is 4.03. The molecular weight excluding hydrogens is 266 g/mol. The number of nitrogens with two attached hydrogens (primary N) is 1. The summed E-state index contributed by atoms with van der Waals surface area (Å²) >= 11 is 1.75. The van der Waals surface area contributed by atoms with Crippen LogP contribution in [0.3, 0.4) is 0 Å². The van der Waals surface area contributed by atoms with E-state index in [0.717, 1.165) is 29.1 Å². The lowest BCUT2D eigenvalue weighted by molar-refractivity contribution is 0.220. The Balaban J connectivity index is 1.73. The van der Waals surface area contributed by atoms with E-state index in [2.05, 4.69) is 22.4 Å². The Morgan fingerprint density at radius 1 is 1.25 bits per heavy atom. The Bertz CT molecular complexity index is 585. The van der Waals surface area contributed by atoms with E-state index in [1.807, 2.05) is 13.0 Å². The molecule has 1 aliphatic heterocycles. The number of likely N-dealkylation sites (tertiary alicyclic amines) is 1. The lowest BCUT2D eigenvalue weighted by Crippen LogP contribution is -2.28. The Labute approximate surface area is 124 Å². The van der Waals surface area contributed by atoms with E-state index < -0.39 is 0 Å². The highest BCUT2D eigenvalue weighted by Crippen LogP contribution is 2.26. The summed E-state index contributed by atoms with van der Waals surface area (Å²) in [6.45, 7) is 5.45. The van der Waals surface area contributed by atoms with Crippen molar-refractivity contribution in [3.63, 3.8) is 0 Å². The lowest BCUT2D eigenvalue weighted by Gasteiger charge is -2.25. The molecule has 20 heavy (non-hydrogen) atoms. The van der Waals surface area contributed by atoms with Crippen LogP contribution in [0.25, 0.3) is 11.3 Å². The fourth-order valence-electron chi connectivity index (χ4n) is 2.62. The van der Waals surface area contributed by atoms with Crippen LogP contribution in [0.5, 0.6) is 0 Å². The lowest BCUT2D eigenvalue weighted by atomic mass is 10.1. The van der Waals surface area contributed by atoms with Crippen LogP contribution in [0.4, 0.5) is 5.69 Å². The number of nitrogens with zero attached hydrogens (tertiary/aromatic N) is 2. The van der Waals surface area contributed by atoms with Crippen molar-refractivity contribution < 1.29 is 0 Å². The molecular formula is C16H21N3S. The van der Waals surface area contributed by atoms with Gasteiger partial charge < -0.3 is 5.73 Å². The van der Waals surface area contributed by atoms with Gasteiger partial charge in [0.2, 0.25) is 0 Å². The van der Waals surface area contributed by atoms with Crippen molar-refractivity contribution in [3.05, 3.63) is 34.2 Å². The molecule has 1 aromatic heterocycles. The third-order valence-corrected chi connectivity index (χ3v) is 4.77. The number of rotatable bonds is 3. The van der Waals surface area contributed by atoms with Crippen molar-refractivity contribution >= 4 is 17.0 Å². The average Bonchev–Trinajstić information content (AvgIpc) is 2.91. The van der Waals surface area contributed by atoms with E-state index in [9.17, 15) is 0 Å². The molecule has 0 aliphatic carbocycles. The maximum atomic E-state index is 5.98. The van der Waals surface area contributed by atoms with Crippen LogP contribution in [0.15, 0.2) is 23.6 Å². The van der Waals surface area contributed by atoms with Gasteiger partial charge >= 0.3 is 0 Å². The minimum Gasteiger partial charge on any atom is -0.398 e. The van der Waals surface area contributed by atoms with E-state index >= 15 is 0 Å². The molecule has 1 saturated heterocycles. The first-order valence-corrected chi connectivity index (χ1v) is 8.13. The Kier molecular flexibility index (Phi) is 4.03. The van der Waals surface area contributed by atoms with Gasteiger partial charge in [-0.25, -0.2) is 4.98 Å². The summed E-state index contributed by atoms with van der Waals surface area (Å²) in [5.74, 6) is 0. The maximum absolute atomic E-state index is 5.98. The second kappa shape index (κ2) is 5.94. The van der Waals surface area contributed by atoms with Gasteiger partial charge in [-0.3, -0.25) is 4.90 Å². The summed E-state index contributed by atoms with van der Waals surface area (Å²) in [7, 11) is 0. The molecule has 0 spiro atoms. The average molecular weight is 287 g/mol. The molecule has 4 heteroatoms. The normalized spacial score (nSPS) is 16.4. The minimum absolute atomic E-state index is 0.841.